The number of piperazine rings is 1. The van der Waals surface area contributed by atoms with Crippen LogP contribution < -0.4 is 10.2 Å². The van der Waals surface area contributed by atoms with Gasteiger partial charge >= 0.3 is 12.1 Å². The minimum atomic E-state index is -0.761. The Kier molecular flexibility index (Phi) is 9.96. The van der Waals surface area contributed by atoms with Gasteiger partial charge in [0, 0.05) is 50.9 Å². The van der Waals surface area contributed by atoms with Crippen molar-refractivity contribution in [3.63, 3.8) is 0 Å². The Hall–Kier alpha value is -4.22. The van der Waals surface area contributed by atoms with Crippen LogP contribution in [-0.4, -0.2) is 101 Å². The number of carboxylic acids is 1. The van der Waals surface area contributed by atoms with Crippen LogP contribution in [0.4, 0.5) is 10.6 Å². The molecule has 0 bridgehead atoms. The monoisotopic (exact) mass is 606 g/mol. The number of rotatable bonds is 12. The Bertz CT molecular complexity index is 1340. The summed E-state index contributed by atoms with van der Waals surface area (Å²) in [5.41, 5.74) is 0.902. The number of amides is 3. The smallest absolute Gasteiger partial charge is 0.409 e. The third kappa shape index (κ3) is 7.11. The summed E-state index contributed by atoms with van der Waals surface area (Å²) in [5, 5.41) is 12.4. The second kappa shape index (κ2) is 14.0. The molecule has 5 rings (SSSR count). The van der Waals surface area contributed by atoms with Gasteiger partial charge in [-0.15, -0.1) is 0 Å². The van der Waals surface area contributed by atoms with Gasteiger partial charge in [0.2, 0.25) is 5.91 Å². The maximum Gasteiger partial charge on any atom is 0.409 e. The van der Waals surface area contributed by atoms with Crippen molar-refractivity contribution < 1.29 is 29.0 Å². The average molecular weight is 607 g/mol. The van der Waals surface area contributed by atoms with E-state index in [1.165, 1.54) is 0 Å². The molecule has 4 atom stereocenters. The normalized spacial score (nSPS) is 21.4. The van der Waals surface area contributed by atoms with Gasteiger partial charge in [0.25, 0.3) is 5.91 Å². The Morgan fingerprint density at radius 1 is 0.955 bits per heavy atom. The van der Waals surface area contributed by atoms with Gasteiger partial charge < -0.3 is 29.9 Å². The number of anilines is 1. The van der Waals surface area contributed by atoms with Crippen molar-refractivity contribution in [3.05, 3.63) is 42.1 Å². The minimum absolute atomic E-state index is 0.0784. The van der Waals surface area contributed by atoms with Crippen molar-refractivity contribution in [1.29, 1.82) is 0 Å². The van der Waals surface area contributed by atoms with Gasteiger partial charge in [-0.25, -0.2) is 14.8 Å². The van der Waals surface area contributed by atoms with Crippen LogP contribution in [0.5, 0.6) is 0 Å². The quantitative estimate of drug-likeness (QED) is 0.348. The fraction of sp³-hybridized carbons (Fsp3) is 0.562. The summed E-state index contributed by atoms with van der Waals surface area (Å²) in [6.45, 7) is 7.06. The summed E-state index contributed by atoms with van der Waals surface area (Å²) in [4.78, 5) is 65.8. The van der Waals surface area contributed by atoms with E-state index in [1.807, 2.05) is 49.1 Å². The predicted octanol–water partition coefficient (Wildman–Crippen LogP) is 3.28. The maximum atomic E-state index is 13.7. The number of nitrogens with one attached hydrogen (secondary N) is 1. The van der Waals surface area contributed by atoms with Gasteiger partial charge in [0.1, 0.15) is 17.6 Å². The molecule has 0 unspecified atom stereocenters. The summed E-state index contributed by atoms with van der Waals surface area (Å²) in [5.74, 6) is -0.606. The molecule has 1 saturated carbocycles. The van der Waals surface area contributed by atoms with Gasteiger partial charge in [0.05, 0.1) is 12.5 Å². The number of unbranched alkanes of at least 4 members (excludes halogenated alkanes) is 2. The number of carbonyl (C=O) groups is 4. The third-order valence-corrected chi connectivity index (χ3v) is 8.80. The molecule has 236 valence electrons. The zero-order chi connectivity index (χ0) is 31.2. The molecule has 3 aliphatic rings. The first kappa shape index (κ1) is 31.2. The molecule has 0 spiro atoms. The van der Waals surface area contributed by atoms with Crippen molar-refractivity contribution in [2.45, 2.75) is 52.0 Å². The molecule has 1 aliphatic carbocycles. The molecular weight excluding hydrogens is 564 g/mol. The molecule has 1 aromatic carbocycles. The Balaban J connectivity index is 1.29. The molecule has 1 aromatic heterocycles. The largest absolute Gasteiger partial charge is 0.481 e. The van der Waals surface area contributed by atoms with Crippen molar-refractivity contribution in [2.24, 2.45) is 17.8 Å². The fourth-order valence-electron chi connectivity index (χ4n) is 6.13. The van der Waals surface area contributed by atoms with Crippen molar-refractivity contribution in [2.75, 3.05) is 50.8 Å². The highest BCUT2D eigenvalue weighted by molar-refractivity contribution is 5.97. The molecule has 0 radical (unpaired) electrons. The Morgan fingerprint density at radius 3 is 2.25 bits per heavy atom. The number of carbonyl (C=O) groups excluding carboxylic acids is 3. The van der Waals surface area contributed by atoms with Crippen LogP contribution in [-0.2, 0) is 14.3 Å². The number of hydrogen-bond donors (Lipinski definition) is 2. The maximum absolute atomic E-state index is 13.7. The first-order valence-corrected chi connectivity index (χ1v) is 15.7. The number of aromatic nitrogens is 2. The van der Waals surface area contributed by atoms with Gasteiger partial charge in [-0.3, -0.25) is 14.4 Å². The van der Waals surface area contributed by atoms with E-state index >= 15 is 0 Å². The van der Waals surface area contributed by atoms with Crippen LogP contribution >= 0.6 is 0 Å². The average Bonchev–Trinajstić information content (AvgIpc) is 3.57. The first-order chi connectivity index (χ1) is 21.3. The number of nitrogens with zero attached hydrogens (tertiary/aromatic N) is 5. The van der Waals surface area contributed by atoms with E-state index in [1.54, 1.807) is 15.9 Å². The van der Waals surface area contributed by atoms with Crippen LogP contribution in [0.15, 0.2) is 36.4 Å². The lowest BCUT2D eigenvalue weighted by atomic mass is 10.1. The molecule has 3 heterocycles. The van der Waals surface area contributed by atoms with E-state index in [9.17, 15) is 24.3 Å². The Labute approximate surface area is 257 Å². The third-order valence-electron chi connectivity index (χ3n) is 8.80. The lowest BCUT2D eigenvalue weighted by molar-refractivity contribution is -0.139. The van der Waals surface area contributed by atoms with Crippen molar-refractivity contribution in [1.82, 2.24) is 25.1 Å². The molecule has 12 heteroatoms. The zero-order valence-electron chi connectivity index (χ0n) is 25.5. The van der Waals surface area contributed by atoms with E-state index in [2.05, 4.69) is 10.3 Å². The van der Waals surface area contributed by atoms with Crippen molar-refractivity contribution in [3.8, 4) is 11.4 Å². The van der Waals surface area contributed by atoms with Crippen molar-refractivity contribution >= 4 is 29.7 Å². The van der Waals surface area contributed by atoms with E-state index in [0.717, 1.165) is 31.2 Å². The number of benzene rings is 1. The molecule has 3 fully saturated rings. The lowest BCUT2D eigenvalue weighted by Gasteiger charge is -2.36. The van der Waals surface area contributed by atoms with E-state index in [4.69, 9.17) is 9.72 Å². The van der Waals surface area contributed by atoms with Crippen LogP contribution in [0, 0.1) is 17.8 Å². The topological polar surface area (TPSA) is 145 Å². The molecule has 44 heavy (non-hydrogen) atoms. The first-order valence-electron chi connectivity index (χ1n) is 15.7. The minimum Gasteiger partial charge on any atom is -0.481 e. The highest BCUT2D eigenvalue weighted by Crippen LogP contribution is 2.52. The molecule has 2 N–H and O–H groups in total. The van der Waals surface area contributed by atoms with Crippen LogP contribution in [0.3, 0.4) is 0 Å². The SMILES string of the molecule is CCCCOC(=O)N1CCN(C(=O)[C@H](CCCC)NC(=O)c2cc(N3C[C@@H]4[C@H](C3)[C@@H]4C(=O)O)nc(-c3ccccc3)n2)CC1. The number of piperidine rings is 1. The second-order valence-corrected chi connectivity index (χ2v) is 11.8. The van der Waals surface area contributed by atoms with E-state index in [-0.39, 0.29) is 35.4 Å². The van der Waals surface area contributed by atoms with Crippen LogP contribution in [0.1, 0.15) is 56.4 Å². The standard InChI is InChI=1S/C32H42N6O6/c1-3-5-12-24(30(40)36-13-15-37(16-14-36)32(43)44-17-6-4-2)34-29(39)25-18-26(35-28(33-25)21-10-8-7-9-11-21)38-19-22-23(20-38)27(22)31(41)42/h7-11,18,22-24,27H,3-6,12-17,19-20H2,1-2H3,(H,34,39)(H,41,42)/t22-,23+,24-,27-/m0/s1. The number of ether oxygens (including phenoxy) is 1. The number of hydrogen-bond acceptors (Lipinski definition) is 8. The zero-order valence-corrected chi connectivity index (χ0v) is 25.5. The molecular formula is C32H42N6O6. The second-order valence-electron chi connectivity index (χ2n) is 11.8. The van der Waals surface area contributed by atoms with E-state index in [0.29, 0.717) is 63.9 Å². The number of carboxylic acid groups (broad SMARTS) is 1. The molecule has 2 saturated heterocycles. The molecule has 12 nitrogen and oxygen atoms in total. The fourth-order valence-corrected chi connectivity index (χ4v) is 6.13. The summed E-state index contributed by atoms with van der Waals surface area (Å²) >= 11 is 0. The summed E-state index contributed by atoms with van der Waals surface area (Å²) < 4.78 is 5.32. The molecule has 2 aromatic rings. The number of fused-ring (bicyclic) bond motifs is 1. The highest BCUT2D eigenvalue weighted by atomic mass is 16.6. The van der Waals surface area contributed by atoms with Crippen LogP contribution in [0.2, 0.25) is 0 Å². The summed E-state index contributed by atoms with van der Waals surface area (Å²) in [6, 6.07) is 10.3. The summed E-state index contributed by atoms with van der Waals surface area (Å²) in [6.07, 6.45) is 3.50. The predicted molar refractivity (Wildman–Crippen MR) is 163 cm³/mol. The van der Waals surface area contributed by atoms with E-state index < -0.39 is 17.9 Å². The lowest BCUT2D eigenvalue weighted by Crippen LogP contribution is -2.56. The Morgan fingerprint density at radius 2 is 1.61 bits per heavy atom. The van der Waals surface area contributed by atoms with Crippen LogP contribution in [0.25, 0.3) is 11.4 Å². The molecule has 3 amide bonds. The van der Waals surface area contributed by atoms with Gasteiger partial charge in [0.15, 0.2) is 5.82 Å². The van der Waals surface area contributed by atoms with Gasteiger partial charge in [-0.1, -0.05) is 63.4 Å². The number of aliphatic carboxylic acids is 1. The van der Waals surface area contributed by atoms with Gasteiger partial charge in [-0.2, -0.15) is 0 Å². The van der Waals surface area contributed by atoms with Gasteiger partial charge in [-0.05, 0) is 24.7 Å². The molecule has 2 aliphatic heterocycles. The summed E-state index contributed by atoms with van der Waals surface area (Å²) in [7, 11) is 0. The highest BCUT2D eigenvalue weighted by Gasteiger charge is 2.60.